The molecule has 0 amide bonds. The number of hydrogen-bond donors (Lipinski definition) is 1. The number of ketones is 1. The highest BCUT2D eigenvalue weighted by Gasteiger charge is 2.31. The van der Waals surface area contributed by atoms with E-state index in [1.807, 2.05) is 0 Å². The van der Waals surface area contributed by atoms with Gasteiger partial charge >= 0.3 is 5.97 Å². The number of rotatable bonds is 4. The van der Waals surface area contributed by atoms with Gasteiger partial charge in [-0.3, -0.25) is 9.59 Å². The number of aliphatic carboxylic acids is 1. The van der Waals surface area contributed by atoms with Crippen molar-refractivity contribution in [1.29, 1.82) is 0 Å². The first kappa shape index (κ1) is 14.6. The third-order valence-electron chi connectivity index (χ3n) is 2.49. The Hall–Kier alpha value is -1.49. The molecule has 3 nitrogen and oxygen atoms in total. The van der Waals surface area contributed by atoms with Gasteiger partial charge in [0.1, 0.15) is 0 Å². The average Bonchev–Trinajstić information content (AvgIpc) is 2.22. The summed E-state index contributed by atoms with van der Waals surface area (Å²) in [6.07, 6.45) is -0.354. The molecule has 0 bridgehead atoms. The third-order valence-corrected chi connectivity index (χ3v) is 2.80. The molecular weight excluding hydrogens is 266 g/mol. The predicted molar refractivity (Wildman–Crippen MR) is 61.7 cm³/mol. The molecule has 18 heavy (non-hydrogen) atoms. The largest absolute Gasteiger partial charge is 0.481 e. The van der Waals surface area contributed by atoms with Gasteiger partial charge in [0.25, 0.3) is 0 Å². The molecular formula is C12H11ClF2O3. The minimum atomic E-state index is -1.30. The van der Waals surface area contributed by atoms with E-state index in [4.69, 9.17) is 16.7 Å². The molecule has 0 fully saturated rings. The molecule has 0 heterocycles. The second kappa shape index (κ2) is 5.02. The standard InChI is InChI=1S/C12H11ClF2O3/c1-12(2,11(17)18)5-10(16)6-3-8(14)9(15)4-7(6)13/h3-4H,5H2,1-2H3,(H,17,18). The lowest BCUT2D eigenvalue weighted by molar-refractivity contribution is -0.146. The van der Waals surface area contributed by atoms with Crippen LogP contribution in [0.2, 0.25) is 5.02 Å². The quantitative estimate of drug-likeness (QED) is 0.678. The van der Waals surface area contributed by atoms with Crippen LogP contribution in [0.25, 0.3) is 0 Å². The highest BCUT2D eigenvalue weighted by molar-refractivity contribution is 6.34. The van der Waals surface area contributed by atoms with Crippen molar-refractivity contribution in [1.82, 2.24) is 0 Å². The molecule has 0 atom stereocenters. The van der Waals surface area contributed by atoms with E-state index in [2.05, 4.69) is 0 Å². The number of carboxylic acid groups (broad SMARTS) is 1. The van der Waals surface area contributed by atoms with Gasteiger partial charge < -0.3 is 5.11 Å². The molecule has 0 aliphatic carbocycles. The van der Waals surface area contributed by atoms with Crippen molar-refractivity contribution >= 4 is 23.4 Å². The molecule has 0 spiro atoms. The molecule has 0 radical (unpaired) electrons. The molecule has 0 saturated heterocycles. The topological polar surface area (TPSA) is 54.4 Å². The van der Waals surface area contributed by atoms with Crippen molar-refractivity contribution in [2.75, 3.05) is 0 Å². The minimum Gasteiger partial charge on any atom is -0.481 e. The zero-order valence-corrected chi connectivity index (χ0v) is 10.5. The van der Waals surface area contributed by atoms with Crippen LogP contribution in [0.5, 0.6) is 0 Å². The molecule has 6 heteroatoms. The summed E-state index contributed by atoms with van der Waals surface area (Å²) in [7, 11) is 0. The number of carboxylic acids is 1. The molecule has 1 rings (SSSR count). The van der Waals surface area contributed by atoms with Crippen molar-refractivity contribution in [2.24, 2.45) is 5.41 Å². The molecule has 0 aromatic heterocycles. The molecule has 0 saturated carbocycles. The predicted octanol–water partition coefficient (Wildman–Crippen LogP) is 3.30. The van der Waals surface area contributed by atoms with Crippen LogP contribution in [-0.2, 0) is 4.79 Å². The Morgan fingerprint density at radius 1 is 1.28 bits per heavy atom. The molecule has 1 N–H and O–H groups in total. The van der Waals surface area contributed by atoms with E-state index in [9.17, 15) is 18.4 Å². The van der Waals surface area contributed by atoms with E-state index in [0.29, 0.717) is 12.1 Å². The molecule has 0 aliphatic heterocycles. The van der Waals surface area contributed by atoms with Crippen LogP contribution in [-0.4, -0.2) is 16.9 Å². The molecule has 0 unspecified atom stereocenters. The van der Waals surface area contributed by atoms with Gasteiger partial charge in [0.2, 0.25) is 0 Å². The number of carbonyl (C=O) groups excluding carboxylic acids is 1. The fourth-order valence-corrected chi connectivity index (χ4v) is 1.56. The Morgan fingerprint density at radius 3 is 2.28 bits per heavy atom. The summed E-state index contributed by atoms with van der Waals surface area (Å²) in [4.78, 5) is 22.7. The zero-order valence-electron chi connectivity index (χ0n) is 9.76. The Kier molecular flexibility index (Phi) is 4.06. The lowest BCUT2D eigenvalue weighted by Gasteiger charge is -2.18. The van der Waals surface area contributed by atoms with Gasteiger partial charge in [0.15, 0.2) is 17.4 Å². The summed E-state index contributed by atoms with van der Waals surface area (Å²) in [6, 6.07) is 1.37. The van der Waals surface area contributed by atoms with Gasteiger partial charge in [-0.05, 0) is 26.0 Å². The van der Waals surface area contributed by atoms with E-state index in [-0.39, 0.29) is 17.0 Å². The van der Waals surface area contributed by atoms with Crippen LogP contribution in [0, 0.1) is 17.0 Å². The lowest BCUT2D eigenvalue weighted by atomic mass is 9.85. The Bertz CT molecular complexity index is 512. The summed E-state index contributed by atoms with van der Waals surface area (Å²) in [5.74, 6) is -4.16. The molecule has 1 aromatic rings. The third kappa shape index (κ3) is 3.04. The van der Waals surface area contributed by atoms with Gasteiger partial charge in [0.05, 0.1) is 10.4 Å². The first-order chi connectivity index (χ1) is 8.15. The van der Waals surface area contributed by atoms with Crippen LogP contribution in [0.15, 0.2) is 12.1 Å². The van der Waals surface area contributed by atoms with Crippen LogP contribution >= 0.6 is 11.6 Å². The van der Waals surface area contributed by atoms with Gasteiger partial charge in [-0.1, -0.05) is 11.6 Å². The van der Waals surface area contributed by atoms with Crippen LogP contribution in [0.3, 0.4) is 0 Å². The number of Topliss-reactive ketones (excluding diaryl/α,β-unsaturated/α-hetero) is 1. The Balaban J connectivity index is 3.06. The van der Waals surface area contributed by atoms with E-state index in [0.717, 1.165) is 0 Å². The first-order valence-electron chi connectivity index (χ1n) is 5.06. The summed E-state index contributed by atoms with van der Waals surface area (Å²) < 4.78 is 25.8. The van der Waals surface area contributed by atoms with Crippen molar-refractivity contribution in [3.8, 4) is 0 Å². The number of carbonyl (C=O) groups is 2. The van der Waals surface area contributed by atoms with Gasteiger partial charge in [-0.2, -0.15) is 0 Å². The van der Waals surface area contributed by atoms with Crippen molar-refractivity contribution in [2.45, 2.75) is 20.3 Å². The number of benzene rings is 1. The SMILES string of the molecule is CC(C)(CC(=O)c1cc(F)c(F)cc1Cl)C(=O)O. The zero-order chi connectivity index (χ0) is 14.1. The maximum atomic E-state index is 13.0. The van der Waals surface area contributed by atoms with Crippen LogP contribution in [0.1, 0.15) is 30.6 Å². The van der Waals surface area contributed by atoms with Crippen molar-refractivity contribution in [3.05, 3.63) is 34.4 Å². The highest BCUT2D eigenvalue weighted by atomic mass is 35.5. The van der Waals surface area contributed by atoms with Gasteiger partial charge in [-0.15, -0.1) is 0 Å². The highest BCUT2D eigenvalue weighted by Crippen LogP contribution is 2.27. The normalized spacial score (nSPS) is 11.4. The van der Waals surface area contributed by atoms with E-state index in [1.54, 1.807) is 0 Å². The second-order valence-electron chi connectivity index (χ2n) is 4.54. The summed E-state index contributed by atoms with van der Waals surface area (Å²) in [6.45, 7) is 2.72. The molecule has 0 aliphatic rings. The summed E-state index contributed by atoms with van der Waals surface area (Å²) in [5.41, 5.74) is -1.52. The maximum Gasteiger partial charge on any atom is 0.309 e. The van der Waals surface area contributed by atoms with E-state index < -0.39 is 28.8 Å². The minimum absolute atomic E-state index is 0.218. The maximum absolute atomic E-state index is 13.0. The fourth-order valence-electron chi connectivity index (χ4n) is 1.31. The van der Waals surface area contributed by atoms with E-state index >= 15 is 0 Å². The molecule has 98 valence electrons. The summed E-state index contributed by atoms with van der Waals surface area (Å²) >= 11 is 5.63. The monoisotopic (exact) mass is 276 g/mol. The number of halogens is 3. The smallest absolute Gasteiger partial charge is 0.309 e. The van der Waals surface area contributed by atoms with Crippen molar-refractivity contribution in [3.63, 3.8) is 0 Å². The van der Waals surface area contributed by atoms with Gasteiger partial charge in [-0.25, -0.2) is 8.78 Å². The first-order valence-corrected chi connectivity index (χ1v) is 5.44. The second-order valence-corrected chi connectivity index (χ2v) is 4.94. The molecule has 1 aromatic carbocycles. The van der Waals surface area contributed by atoms with Crippen molar-refractivity contribution < 1.29 is 23.5 Å². The van der Waals surface area contributed by atoms with Crippen LogP contribution in [0.4, 0.5) is 8.78 Å². The Morgan fingerprint density at radius 2 is 1.78 bits per heavy atom. The average molecular weight is 277 g/mol. The summed E-state index contributed by atoms with van der Waals surface area (Å²) in [5, 5.41) is 8.65. The fraction of sp³-hybridized carbons (Fsp3) is 0.333. The van der Waals surface area contributed by atoms with Crippen LogP contribution < -0.4 is 0 Å². The van der Waals surface area contributed by atoms with E-state index in [1.165, 1.54) is 13.8 Å². The Labute approximate surface area is 107 Å². The lowest BCUT2D eigenvalue weighted by Crippen LogP contribution is -2.27. The van der Waals surface area contributed by atoms with Gasteiger partial charge in [0, 0.05) is 12.0 Å². The number of hydrogen-bond acceptors (Lipinski definition) is 2.